The number of hydrogen-bond acceptors (Lipinski definition) is 4. The topological polar surface area (TPSA) is 46.3 Å². The van der Waals surface area contributed by atoms with Gasteiger partial charge in [0.1, 0.15) is 5.82 Å². The van der Waals surface area contributed by atoms with Crippen LogP contribution in [0.2, 0.25) is 0 Å². The molecule has 0 atom stereocenters. The summed E-state index contributed by atoms with van der Waals surface area (Å²) in [6.07, 6.45) is 8.47. The molecule has 2 aromatic heterocycles. The van der Waals surface area contributed by atoms with E-state index in [0.717, 1.165) is 24.6 Å². The highest BCUT2D eigenvalue weighted by Crippen LogP contribution is 2.25. The molecule has 0 amide bonds. The van der Waals surface area contributed by atoms with Crippen LogP contribution in [-0.2, 0) is 0 Å². The molecule has 0 saturated carbocycles. The van der Waals surface area contributed by atoms with E-state index < -0.39 is 0 Å². The first-order valence-corrected chi connectivity index (χ1v) is 8.03. The molecule has 1 saturated heterocycles. The van der Waals surface area contributed by atoms with E-state index in [0.29, 0.717) is 11.4 Å². The van der Waals surface area contributed by atoms with Crippen molar-refractivity contribution in [3.8, 4) is 11.4 Å². The number of anilines is 1. The lowest BCUT2D eigenvalue weighted by Crippen LogP contribution is -2.25. The van der Waals surface area contributed by atoms with E-state index in [1.807, 2.05) is 16.7 Å². The molecule has 23 heavy (non-hydrogen) atoms. The molecule has 1 aliphatic heterocycles. The van der Waals surface area contributed by atoms with Crippen LogP contribution >= 0.6 is 0 Å². The number of benzene rings is 1. The van der Waals surface area contributed by atoms with Gasteiger partial charge in [-0.05, 0) is 25.0 Å². The van der Waals surface area contributed by atoms with Gasteiger partial charge in [0, 0.05) is 31.0 Å². The van der Waals surface area contributed by atoms with Gasteiger partial charge in [-0.25, -0.2) is 9.37 Å². The molecule has 4 rings (SSSR count). The van der Waals surface area contributed by atoms with Crippen LogP contribution in [0.15, 0.2) is 36.7 Å². The van der Waals surface area contributed by atoms with Gasteiger partial charge in [-0.15, -0.1) is 10.2 Å². The highest BCUT2D eigenvalue weighted by molar-refractivity contribution is 5.68. The van der Waals surface area contributed by atoms with E-state index in [-0.39, 0.29) is 5.82 Å². The van der Waals surface area contributed by atoms with Gasteiger partial charge >= 0.3 is 0 Å². The maximum absolute atomic E-state index is 13.5. The summed E-state index contributed by atoms with van der Waals surface area (Å²) in [5.41, 5.74) is 1.44. The number of fused-ring (bicyclic) bond motifs is 1. The van der Waals surface area contributed by atoms with Gasteiger partial charge in [0.15, 0.2) is 11.6 Å². The fourth-order valence-corrected chi connectivity index (χ4v) is 3.14. The quantitative estimate of drug-likeness (QED) is 0.728. The van der Waals surface area contributed by atoms with Gasteiger partial charge in [-0.2, -0.15) is 0 Å². The molecule has 0 spiro atoms. The Balaban J connectivity index is 1.80. The molecule has 0 aliphatic carbocycles. The molecule has 0 N–H and O–H groups in total. The largest absolute Gasteiger partial charge is 0.353 e. The van der Waals surface area contributed by atoms with Crippen LogP contribution in [0.4, 0.5) is 10.2 Å². The zero-order valence-electron chi connectivity index (χ0n) is 12.8. The molecule has 5 nitrogen and oxygen atoms in total. The molecular weight excluding hydrogens is 293 g/mol. The minimum absolute atomic E-state index is 0.277. The minimum Gasteiger partial charge on any atom is -0.353 e. The zero-order chi connectivity index (χ0) is 15.6. The lowest BCUT2D eigenvalue weighted by molar-refractivity contribution is 0.628. The third kappa shape index (κ3) is 2.65. The first-order chi connectivity index (χ1) is 11.3. The Hall–Kier alpha value is -2.50. The van der Waals surface area contributed by atoms with E-state index in [4.69, 9.17) is 0 Å². The first-order valence-electron chi connectivity index (χ1n) is 8.03. The van der Waals surface area contributed by atoms with E-state index in [9.17, 15) is 4.39 Å². The molecule has 1 aliphatic rings. The fourth-order valence-electron chi connectivity index (χ4n) is 3.14. The van der Waals surface area contributed by atoms with Crippen LogP contribution < -0.4 is 4.90 Å². The molecule has 118 valence electrons. The SMILES string of the molecule is Fc1cccc(-c2nnc3c(N4CCCCCC4)nccn23)c1. The van der Waals surface area contributed by atoms with Crippen molar-refractivity contribution in [3.05, 3.63) is 42.5 Å². The van der Waals surface area contributed by atoms with Crippen LogP contribution in [0.25, 0.3) is 17.0 Å². The minimum atomic E-state index is -0.277. The Bertz CT molecular complexity index is 821. The van der Waals surface area contributed by atoms with Crippen LogP contribution in [0.3, 0.4) is 0 Å². The van der Waals surface area contributed by atoms with Crippen LogP contribution in [-0.4, -0.2) is 32.7 Å². The van der Waals surface area contributed by atoms with E-state index in [1.54, 1.807) is 12.3 Å². The predicted molar refractivity (Wildman–Crippen MR) is 86.9 cm³/mol. The molecule has 0 bridgehead atoms. The van der Waals surface area contributed by atoms with Crippen molar-refractivity contribution < 1.29 is 4.39 Å². The van der Waals surface area contributed by atoms with Crippen LogP contribution in [0.5, 0.6) is 0 Å². The summed E-state index contributed by atoms with van der Waals surface area (Å²) in [6.45, 7) is 1.99. The lowest BCUT2D eigenvalue weighted by Gasteiger charge is -2.21. The normalized spacial score (nSPS) is 15.8. The number of aromatic nitrogens is 4. The van der Waals surface area contributed by atoms with Crippen molar-refractivity contribution in [3.63, 3.8) is 0 Å². The number of rotatable bonds is 2. The summed E-state index contributed by atoms with van der Waals surface area (Å²) in [7, 11) is 0. The summed E-state index contributed by atoms with van der Waals surface area (Å²) in [5, 5.41) is 8.58. The summed E-state index contributed by atoms with van der Waals surface area (Å²) in [5.74, 6) is 1.23. The lowest BCUT2D eigenvalue weighted by atomic mass is 10.2. The maximum Gasteiger partial charge on any atom is 0.204 e. The molecule has 0 radical (unpaired) electrons. The predicted octanol–water partition coefficient (Wildman–Crippen LogP) is 3.31. The van der Waals surface area contributed by atoms with Crippen molar-refractivity contribution in [1.82, 2.24) is 19.6 Å². The highest BCUT2D eigenvalue weighted by Gasteiger charge is 2.18. The summed E-state index contributed by atoms with van der Waals surface area (Å²) >= 11 is 0. The van der Waals surface area contributed by atoms with Gasteiger partial charge in [-0.3, -0.25) is 4.40 Å². The fraction of sp³-hybridized carbons (Fsp3) is 0.353. The molecule has 1 aromatic carbocycles. The maximum atomic E-state index is 13.5. The molecular formula is C17H18FN5. The Morgan fingerprint density at radius 1 is 1.00 bits per heavy atom. The zero-order valence-corrected chi connectivity index (χ0v) is 12.8. The molecule has 3 aromatic rings. The van der Waals surface area contributed by atoms with E-state index in [2.05, 4.69) is 20.1 Å². The third-order valence-corrected chi connectivity index (χ3v) is 4.30. The molecule has 3 heterocycles. The van der Waals surface area contributed by atoms with Crippen molar-refractivity contribution in [2.45, 2.75) is 25.7 Å². The molecule has 0 unspecified atom stereocenters. The Labute approximate surface area is 133 Å². The highest BCUT2D eigenvalue weighted by atomic mass is 19.1. The van der Waals surface area contributed by atoms with E-state index >= 15 is 0 Å². The Kier molecular flexibility index (Phi) is 3.65. The van der Waals surface area contributed by atoms with Gasteiger partial charge in [0.25, 0.3) is 0 Å². The van der Waals surface area contributed by atoms with Gasteiger partial charge in [0.05, 0.1) is 0 Å². The smallest absolute Gasteiger partial charge is 0.204 e. The molecule has 1 fully saturated rings. The number of nitrogens with zero attached hydrogens (tertiary/aromatic N) is 5. The third-order valence-electron chi connectivity index (χ3n) is 4.30. The Morgan fingerprint density at radius 3 is 2.61 bits per heavy atom. The van der Waals surface area contributed by atoms with Crippen molar-refractivity contribution in [1.29, 1.82) is 0 Å². The van der Waals surface area contributed by atoms with E-state index in [1.165, 1.54) is 37.8 Å². The van der Waals surface area contributed by atoms with Crippen molar-refractivity contribution in [2.75, 3.05) is 18.0 Å². The number of hydrogen-bond donors (Lipinski definition) is 0. The van der Waals surface area contributed by atoms with Crippen LogP contribution in [0, 0.1) is 5.82 Å². The average Bonchev–Trinajstić information content (AvgIpc) is 2.82. The first kappa shape index (κ1) is 14.1. The summed E-state index contributed by atoms with van der Waals surface area (Å²) in [4.78, 5) is 6.81. The van der Waals surface area contributed by atoms with Crippen molar-refractivity contribution in [2.24, 2.45) is 0 Å². The monoisotopic (exact) mass is 311 g/mol. The van der Waals surface area contributed by atoms with Gasteiger partial charge < -0.3 is 4.90 Å². The number of halogens is 1. The second-order valence-electron chi connectivity index (χ2n) is 5.88. The standard InChI is InChI=1S/C17H18FN5/c18-14-7-5-6-13(12-14)15-20-21-17-16(19-8-11-23(15)17)22-9-3-1-2-4-10-22/h5-8,11-12H,1-4,9-10H2. The van der Waals surface area contributed by atoms with Crippen LogP contribution in [0.1, 0.15) is 25.7 Å². The average molecular weight is 311 g/mol. The second-order valence-corrected chi connectivity index (χ2v) is 5.88. The molecule has 6 heteroatoms. The second kappa shape index (κ2) is 5.95. The van der Waals surface area contributed by atoms with Crippen molar-refractivity contribution >= 4 is 11.5 Å². The van der Waals surface area contributed by atoms with Gasteiger partial charge in [-0.1, -0.05) is 25.0 Å². The summed E-state index contributed by atoms with van der Waals surface area (Å²) < 4.78 is 15.4. The van der Waals surface area contributed by atoms with Gasteiger partial charge in [0.2, 0.25) is 5.65 Å². The Morgan fingerprint density at radius 2 is 1.83 bits per heavy atom. The summed E-state index contributed by atoms with van der Waals surface area (Å²) in [6, 6.07) is 6.42.